The molecule has 0 aliphatic rings. The third-order valence-electron chi connectivity index (χ3n) is 3.73. The number of benzene rings is 3. The number of nitrogens with zero attached hydrogens (tertiary/aromatic N) is 2. The molecule has 3 aromatic rings. The van der Waals surface area contributed by atoms with Gasteiger partial charge in [0.05, 0.1) is 6.07 Å². The van der Waals surface area contributed by atoms with E-state index in [-0.39, 0.29) is 19.1 Å². The van der Waals surface area contributed by atoms with Crippen LogP contribution in [0.25, 0.3) is 10.8 Å². The molecular formula is C20H15BrN2O2. The van der Waals surface area contributed by atoms with Crippen molar-refractivity contribution in [1.29, 1.82) is 5.26 Å². The highest BCUT2D eigenvalue weighted by Gasteiger charge is 2.16. The Hall–Kier alpha value is -2.84. The fourth-order valence-corrected chi connectivity index (χ4v) is 2.89. The van der Waals surface area contributed by atoms with Gasteiger partial charge < -0.3 is 4.74 Å². The average Bonchev–Trinajstić information content (AvgIpc) is 2.64. The second-order valence-corrected chi connectivity index (χ2v) is 6.33. The van der Waals surface area contributed by atoms with Crippen LogP contribution in [0.4, 0.5) is 5.69 Å². The summed E-state index contributed by atoms with van der Waals surface area (Å²) in [4.78, 5) is 13.9. The van der Waals surface area contributed by atoms with Crippen LogP contribution in [0.1, 0.15) is 0 Å². The van der Waals surface area contributed by atoms with Crippen molar-refractivity contribution in [3.63, 3.8) is 0 Å². The molecule has 0 radical (unpaired) electrons. The molecule has 3 rings (SSSR count). The number of amides is 1. The molecule has 0 N–H and O–H groups in total. The van der Waals surface area contributed by atoms with Gasteiger partial charge in [0, 0.05) is 10.2 Å². The molecule has 0 saturated heterocycles. The number of hydrogen-bond donors (Lipinski definition) is 0. The molecule has 0 fully saturated rings. The molecule has 0 saturated carbocycles. The molecule has 3 aromatic carbocycles. The lowest BCUT2D eigenvalue weighted by molar-refractivity contribution is -0.120. The molecule has 0 bridgehead atoms. The third-order valence-corrected chi connectivity index (χ3v) is 4.23. The Morgan fingerprint density at radius 3 is 2.52 bits per heavy atom. The molecule has 0 unspecified atom stereocenters. The van der Waals surface area contributed by atoms with Crippen LogP contribution < -0.4 is 9.64 Å². The number of nitriles is 1. The molecule has 1 amide bonds. The normalized spacial score (nSPS) is 10.2. The van der Waals surface area contributed by atoms with Crippen molar-refractivity contribution < 1.29 is 9.53 Å². The van der Waals surface area contributed by atoms with Gasteiger partial charge in [-0.2, -0.15) is 5.26 Å². The monoisotopic (exact) mass is 394 g/mol. The van der Waals surface area contributed by atoms with E-state index in [1.807, 2.05) is 60.7 Å². The van der Waals surface area contributed by atoms with Gasteiger partial charge in [-0.05, 0) is 47.2 Å². The number of carbonyl (C=O) groups is 1. The van der Waals surface area contributed by atoms with E-state index in [1.54, 1.807) is 12.1 Å². The summed E-state index contributed by atoms with van der Waals surface area (Å²) in [5.41, 5.74) is 0.681. The van der Waals surface area contributed by atoms with Crippen molar-refractivity contribution in [3.8, 4) is 11.8 Å². The number of rotatable bonds is 5. The molecule has 4 nitrogen and oxygen atoms in total. The van der Waals surface area contributed by atoms with Crippen molar-refractivity contribution in [1.82, 2.24) is 0 Å². The number of halogens is 1. The smallest absolute Gasteiger partial charge is 0.265 e. The van der Waals surface area contributed by atoms with E-state index in [0.29, 0.717) is 11.4 Å². The standard InChI is InChI=1S/C20H15BrN2O2/c21-17-8-6-16-13-19(9-7-15(16)12-17)25-14-20(24)23(11-10-22)18-4-2-1-3-5-18/h1-9,12-13H,11,14H2. The van der Waals surface area contributed by atoms with Crippen LogP contribution in [-0.4, -0.2) is 19.1 Å². The number of ether oxygens (including phenoxy) is 1. The molecular weight excluding hydrogens is 380 g/mol. The molecule has 0 aliphatic carbocycles. The number of anilines is 1. The Balaban J connectivity index is 1.72. The van der Waals surface area contributed by atoms with Gasteiger partial charge in [0.15, 0.2) is 6.61 Å². The minimum Gasteiger partial charge on any atom is -0.484 e. The highest BCUT2D eigenvalue weighted by Crippen LogP contribution is 2.24. The zero-order valence-electron chi connectivity index (χ0n) is 13.4. The van der Waals surface area contributed by atoms with Crippen LogP contribution in [0, 0.1) is 11.3 Å². The van der Waals surface area contributed by atoms with E-state index in [0.717, 1.165) is 15.2 Å². The number of hydrogen-bond acceptors (Lipinski definition) is 3. The lowest BCUT2D eigenvalue weighted by Gasteiger charge is -2.19. The van der Waals surface area contributed by atoms with Crippen LogP contribution in [0.3, 0.4) is 0 Å². The van der Waals surface area contributed by atoms with Gasteiger partial charge in [0.25, 0.3) is 5.91 Å². The summed E-state index contributed by atoms with van der Waals surface area (Å²) in [7, 11) is 0. The second kappa shape index (κ2) is 7.82. The van der Waals surface area contributed by atoms with Gasteiger partial charge >= 0.3 is 0 Å². The summed E-state index contributed by atoms with van der Waals surface area (Å²) in [6.45, 7) is -0.142. The van der Waals surface area contributed by atoms with Crippen molar-refractivity contribution >= 4 is 38.3 Å². The maximum atomic E-state index is 12.5. The van der Waals surface area contributed by atoms with Crippen molar-refractivity contribution in [3.05, 3.63) is 71.2 Å². The third kappa shape index (κ3) is 4.17. The first-order valence-corrected chi connectivity index (χ1v) is 8.51. The largest absolute Gasteiger partial charge is 0.484 e. The summed E-state index contributed by atoms with van der Waals surface area (Å²) in [6, 6.07) is 22.8. The summed E-state index contributed by atoms with van der Waals surface area (Å²) in [6.07, 6.45) is 0. The van der Waals surface area contributed by atoms with Crippen molar-refractivity contribution in [2.24, 2.45) is 0 Å². The first-order valence-electron chi connectivity index (χ1n) is 7.72. The Kier molecular flexibility index (Phi) is 5.32. The van der Waals surface area contributed by atoms with E-state index in [4.69, 9.17) is 10.00 Å². The van der Waals surface area contributed by atoms with E-state index in [9.17, 15) is 4.79 Å². The SMILES string of the molecule is N#CCN(C(=O)COc1ccc2cc(Br)ccc2c1)c1ccccc1. The summed E-state index contributed by atoms with van der Waals surface area (Å²) in [5, 5.41) is 11.1. The first-order chi connectivity index (χ1) is 12.2. The number of para-hydroxylation sites is 1. The van der Waals surface area contributed by atoms with Crippen LogP contribution >= 0.6 is 15.9 Å². The first kappa shape index (κ1) is 17.0. The summed E-state index contributed by atoms with van der Waals surface area (Å²) >= 11 is 3.45. The van der Waals surface area contributed by atoms with Crippen LogP contribution in [-0.2, 0) is 4.79 Å². The van der Waals surface area contributed by atoms with E-state index >= 15 is 0 Å². The maximum absolute atomic E-state index is 12.5. The molecule has 0 aliphatic heterocycles. The van der Waals surface area contributed by atoms with E-state index < -0.39 is 0 Å². The zero-order valence-corrected chi connectivity index (χ0v) is 14.9. The predicted octanol–water partition coefficient (Wildman–Crippen LogP) is 4.54. The van der Waals surface area contributed by atoms with Gasteiger partial charge in [-0.15, -0.1) is 0 Å². The fourth-order valence-electron chi connectivity index (χ4n) is 2.51. The molecule has 0 spiro atoms. The summed E-state index contributed by atoms with van der Waals surface area (Å²) in [5.74, 6) is 0.358. The second-order valence-electron chi connectivity index (χ2n) is 5.42. The quantitative estimate of drug-likeness (QED) is 0.596. The van der Waals surface area contributed by atoms with E-state index in [1.165, 1.54) is 4.90 Å². The Morgan fingerprint density at radius 1 is 1.04 bits per heavy atom. The number of fused-ring (bicyclic) bond motifs is 1. The lowest BCUT2D eigenvalue weighted by atomic mass is 10.1. The minimum atomic E-state index is -0.261. The van der Waals surface area contributed by atoms with Crippen LogP contribution in [0.5, 0.6) is 5.75 Å². The van der Waals surface area contributed by atoms with Crippen molar-refractivity contribution in [2.75, 3.05) is 18.1 Å². The zero-order chi connectivity index (χ0) is 17.6. The molecule has 0 heterocycles. The fraction of sp³-hybridized carbons (Fsp3) is 0.100. The molecule has 5 heteroatoms. The van der Waals surface area contributed by atoms with Crippen LogP contribution in [0.2, 0.25) is 0 Å². The van der Waals surface area contributed by atoms with Gasteiger partial charge in [-0.3, -0.25) is 9.69 Å². The summed E-state index contributed by atoms with van der Waals surface area (Å²) < 4.78 is 6.66. The van der Waals surface area contributed by atoms with Gasteiger partial charge in [-0.25, -0.2) is 0 Å². The number of carbonyl (C=O) groups excluding carboxylic acids is 1. The maximum Gasteiger partial charge on any atom is 0.265 e. The molecule has 25 heavy (non-hydrogen) atoms. The molecule has 0 atom stereocenters. The Morgan fingerprint density at radius 2 is 1.76 bits per heavy atom. The molecule has 124 valence electrons. The topological polar surface area (TPSA) is 53.3 Å². The van der Waals surface area contributed by atoms with Gasteiger partial charge in [0.1, 0.15) is 12.3 Å². The Bertz CT molecular complexity index is 935. The van der Waals surface area contributed by atoms with Crippen molar-refractivity contribution in [2.45, 2.75) is 0 Å². The lowest BCUT2D eigenvalue weighted by Crippen LogP contribution is -2.35. The Labute approximate surface area is 154 Å². The molecule has 0 aromatic heterocycles. The highest BCUT2D eigenvalue weighted by molar-refractivity contribution is 9.10. The van der Waals surface area contributed by atoms with Crippen LogP contribution in [0.15, 0.2) is 71.2 Å². The average molecular weight is 395 g/mol. The highest BCUT2D eigenvalue weighted by atomic mass is 79.9. The van der Waals surface area contributed by atoms with Gasteiger partial charge in [-0.1, -0.05) is 46.3 Å². The van der Waals surface area contributed by atoms with E-state index in [2.05, 4.69) is 15.9 Å². The minimum absolute atomic E-state index is 0.0159. The van der Waals surface area contributed by atoms with Gasteiger partial charge in [0.2, 0.25) is 0 Å². The predicted molar refractivity (Wildman–Crippen MR) is 102 cm³/mol.